The first kappa shape index (κ1) is 15.9. The molecule has 4 rings (SSSR count). The van der Waals surface area contributed by atoms with Crippen LogP contribution in [0.4, 0.5) is 0 Å². The molecule has 4 fully saturated rings. The summed E-state index contributed by atoms with van der Waals surface area (Å²) in [6.07, 6.45) is 9.56. The molecule has 4 unspecified atom stereocenters. The van der Waals surface area contributed by atoms with Crippen molar-refractivity contribution in [1.82, 2.24) is 9.80 Å². The molecule has 4 heteroatoms. The van der Waals surface area contributed by atoms with Crippen LogP contribution in [0.1, 0.15) is 58.3 Å². The number of likely N-dealkylation sites (N-methyl/N-ethyl adjacent to an activating group) is 1. The molecule has 2 saturated carbocycles. The number of rotatable bonds is 2. The Kier molecular flexibility index (Phi) is 4.39. The van der Waals surface area contributed by atoms with Gasteiger partial charge in [-0.05, 0) is 63.3 Å². The Morgan fingerprint density at radius 3 is 2.43 bits per heavy atom. The SMILES string of the molecule is CCN1CCC2CCC(C1)N2C(=O)C1CC2CCCC(C1)C2N. The maximum absolute atomic E-state index is 13.4. The topological polar surface area (TPSA) is 49.6 Å². The third kappa shape index (κ3) is 2.82. The number of carbonyl (C=O) groups excluding carboxylic acids is 1. The van der Waals surface area contributed by atoms with E-state index in [-0.39, 0.29) is 5.92 Å². The lowest BCUT2D eigenvalue weighted by Crippen LogP contribution is -2.52. The van der Waals surface area contributed by atoms with Gasteiger partial charge in [-0.15, -0.1) is 0 Å². The summed E-state index contributed by atoms with van der Waals surface area (Å²) in [6, 6.07) is 1.36. The van der Waals surface area contributed by atoms with Crippen LogP contribution >= 0.6 is 0 Å². The molecule has 2 aliphatic carbocycles. The maximum Gasteiger partial charge on any atom is 0.226 e. The predicted octanol–water partition coefficient (Wildman–Crippen LogP) is 2.23. The van der Waals surface area contributed by atoms with Gasteiger partial charge >= 0.3 is 0 Å². The quantitative estimate of drug-likeness (QED) is 0.849. The molecule has 4 atom stereocenters. The van der Waals surface area contributed by atoms with Gasteiger partial charge < -0.3 is 15.5 Å². The summed E-state index contributed by atoms with van der Waals surface area (Å²) in [5.41, 5.74) is 6.42. The van der Waals surface area contributed by atoms with Crippen LogP contribution in [0, 0.1) is 17.8 Å². The van der Waals surface area contributed by atoms with Crippen LogP contribution in [0.3, 0.4) is 0 Å². The zero-order chi connectivity index (χ0) is 16.0. The predicted molar refractivity (Wildman–Crippen MR) is 91.9 cm³/mol. The van der Waals surface area contributed by atoms with Crippen LogP contribution in [0.2, 0.25) is 0 Å². The number of nitrogens with zero attached hydrogens (tertiary/aromatic N) is 2. The Morgan fingerprint density at radius 2 is 1.74 bits per heavy atom. The fourth-order valence-corrected chi connectivity index (χ4v) is 5.99. The van der Waals surface area contributed by atoms with Gasteiger partial charge in [0, 0.05) is 37.1 Å². The minimum atomic E-state index is 0.265. The van der Waals surface area contributed by atoms with E-state index >= 15 is 0 Å². The standard InChI is InChI=1S/C19H33N3O/c1-2-21-9-8-16-6-7-17(12-21)22(16)19(23)15-10-13-4-3-5-14(11-15)18(13)20/h13-18H,2-12,20H2,1H3. The third-order valence-electron chi connectivity index (χ3n) is 7.33. The van der Waals surface area contributed by atoms with E-state index in [9.17, 15) is 4.79 Å². The Balaban J connectivity index is 1.48. The number of carbonyl (C=O) groups is 1. The van der Waals surface area contributed by atoms with Gasteiger partial charge in [-0.1, -0.05) is 13.3 Å². The Morgan fingerprint density at radius 1 is 1.04 bits per heavy atom. The summed E-state index contributed by atoms with van der Waals surface area (Å²) in [5, 5.41) is 0. The number of hydrogen-bond donors (Lipinski definition) is 1. The van der Waals surface area contributed by atoms with Gasteiger partial charge in [0.05, 0.1) is 0 Å². The van der Waals surface area contributed by atoms with Crippen LogP contribution in [0.5, 0.6) is 0 Å². The molecule has 2 N–H and O–H groups in total. The molecule has 4 bridgehead atoms. The second-order valence-corrected chi connectivity index (χ2v) is 8.51. The molecule has 23 heavy (non-hydrogen) atoms. The molecule has 1 amide bonds. The first-order valence-electron chi connectivity index (χ1n) is 9.97. The first-order valence-corrected chi connectivity index (χ1v) is 9.97. The summed E-state index contributed by atoms with van der Waals surface area (Å²) >= 11 is 0. The Labute approximate surface area is 140 Å². The van der Waals surface area contributed by atoms with Crippen molar-refractivity contribution in [3.05, 3.63) is 0 Å². The van der Waals surface area contributed by atoms with E-state index < -0.39 is 0 Å². The van der Waals surface area contributed by atoms with Gasteiger partial charge in [-0.3, -0.25) is 4.79 Å². The molecular weight excluding hydrogens is 286 g/mol. The molecule has 0 aromatic heterocycles. The first-order chi connectivity index (χ1) is 11.2. The van der Waals surface area contributed by atoms with E-state index in [2.05, 4.69) is 16.7 Å². The number of nitrogens with two attached hydrogens (primary N) is 1. The Bertz CT molecular complexity index is 440. The molecule has 0 spiro atoms. The van der Waals surface area contributed by atoms with E-state index in [1.807, 2.05) is 0 Å². The van der Waals surface area contributed by atoms with Crippen molar-refractivity contribution in [2.24, 2.45) is 23.5 Å². The molecule has 2 heterocycles. The molecule has 4 nitrogen and oxygen atoms in total. The minimum Gasteiger partial charge on any atom is -0.335 e. The van der Waals surface area contributed by atoms with Crippen molar-refractivity contribution in [2.75, 3.05) is 19.6 Å². The van der Waals surface area contributed by atoms with Crippen molar-refractivity contribution in [2.45, 2.75) is 76.4 Å². The van der Waals surface area contributed by atoms with E-state index in [0.29, 0.717) is 35.9 Å². The fourth-order valence-electron chi connectivity index (χ4n) is 5.99. The Hall–Kier alpha value is -0.610. The third-order valence-corrected chi connectivity index (χ3v) is 7.33. The number of likely N-dealkylation sites (tertiary alicyclic amines) is 1. The summed E-state index contributed by atoms with van der Waals surface area (Å²) in [4.78, 5) is 18.2. The maximum atomic E-state index is 13.4. The number of amides is 1. The highest BCUT2D eigenvalue weighted by atomic mass is 16.2. The van der Waals surface area contributed by atoms with Crippen molar-refractivity contribution in [3.8, 4) is 0 Å². The molecule has 2 aliphatic heterocycles. The van der Waals surface area contributed by atoms with Crippen LogP contribution in [0.15, 0.2) is 0 Å². The second-order valence-electron chi connectivity index (χ2n) is 8.51. The largest absolute Gasteiger partial charge is 0.335 e. The molecule has 130 valence electrons. The van der Waals surface area contributed by atoms with Crippen molar-refractivity contribution >= 4 is 5.91 Å². The zero-order valence-electron chi connectivity index (χ0n) is 14.6. The van der Waals surface area contributed by atoms with E-state index in [1.165, 1.54) is 45.1 Å². The summed E-state index contributed by atoms with van der Waals surface area (Å²) in [7, 11) is 0. The van der Waals surface area contributed by atoms with Crippen LogP contribution in [-0.2, 0) is 4.79 Å². The van der Waals surface area contributed by atoms with Gasteiger partial charge in [0.25, 0.3) is 0 Å². The summed E-state index contributed by atoms with van der Waals surface area (Å²) in [5.74, 6) is 1.96. The highest BCUT2D eigenvalue weighted by Crippen LogP contribution is 2.43. The van der Waals surface area contributed by atoms with Gasteiger partial charge in [0.15, 0.2) is 0 Å². The summed E-state index contributed by atoms with van der Waals surface area (Å²) in [6.45, 7) is 5.63. The lowest BCUT2D eigenvalue weighted by atomic mass is 9.65. The average Bonchev–Trinajstić information content (AvgIpc) is 2.81. The fraction of sp³-hybridized carbons (Fsp3) is 0.947. The molecule has 4 aliphatic rings. The van der Waals surface area contributed by atoms with Crippen LogP contribution < -0.4 is 5.73 Å². The van der Waals surface area contributed by atoms with Gasteiger partial charge in [-0.2, -0.15) is 0 Å². The van der Waals surface area contributed by atoms with E-state index in [1.54, 1.807) is 0 Å². The summed E-state index contributed by atoms with van der Waals surface area (Å²) < 4.78 is 0. The van der Waals surface area contributed by atoms with Gasteiger partial charge in [0.1, 0.15) is 0 Å². The number of hydrogen-bond acceptors (Lipinski definition) is 3. The van der Waals surface area contributed by atoms with Gasteiger partial charge in [0.2, 0.25) is 5.91 Å². The van der Waals surface area contributed by atoms with Gasteiger partial charge in [-0.25, -0.2) is 0 Å². The zero-order valence-corrected chi connectivity index (χ0v) is 14.6. The average molecular weight is 319 g/mol. The van der Waals surface area contributed by atoms with E-state index in [4.69, 9.17) is 5.73 Å². The van der Waals surface area contributed by atoms with E-state index in [0.717, 1.165) is 25.9 Å². The second kappa shape index (κ2) is 6.36. The van der Waals surface area contributed by atoms with Crippen molar-refractivity contribution in [1.29, 1.82) is 0 Å². The lowest BCUT2D eigenvalue weighted by molar-refractivity contribution is -0.141. The van der Waals surface area contributed by atoms with Crippen LogP contribution in [0.25, 0.3) is 0 Å². The van der Waals surface area contributed by atoms with Crippen molar-refractivity contribution in [3.63, 3.8) is 0 Å². The normalized spacial score (nSPS) is 44.2. The lowest BCUT2D eigenvalue weighted by Gasteiger charge is -2.45. The molecule has 2 saturated heterocycles. The van der Waals surface area contributed by atoms with Crippen molar-refractivity contribution < 1.29 is 4.79 Å². The van der Waals surface area contributed by atoms with Crippen LogP contribution in [-0.4, -0.2) is 53.5 Å². The number of fused-ring (bicyclic) bond motifs is 4. The molecule has 0 radical (unpaired) electrons. The monoisotopic (exact) mass is 319 g/mol. The molecule has 0 aromatic carbocycles. The molecular formula is C19H33N3O. The smallest absolute Gasteiger partial charge is 0.226 e. The highest BCUT2D eigenvalue weighted by Gasteiger charge is 2.46. The minimum absolute atomic E-state index is 0.265. The highest BCUT2D eigenvalue weighted by molar-refractivity contribution is 5.80. The molecule has 0 aromatic rings.